The minimum Gasteiger partial charge on any atom is -0.379 e. The molecule has 8 nitrogen and oxygen atoms in total. The molecule has 0 atom stereocenters. The Hall–Kier alpha value is -1.65. The number of halogens is 2. The van der Waals surface area contributed by atoms with Crippen LogP contribution in [0.2, 0.25) is 10.0 Å². The molecule has 3 rings (SSSR count). The number of aromatic nitrogens is 2. The molecule has 164 valence electrons. The van der Waals surface area contributed by atoms with Gasteiger partial charge in [-0.05, 0) is 32.0 Å². The maximum absolute atomic E-state index is 12.4. The van der Waals surface area contributed by atoms with E-state index in [9.17, 15) is 13.2 Å². The summed E-state index contributed by atoms with van der Waals surface area (Å²) in [7, 11) is -3.41. The molecule has 0 saturated carbocycles. The second-order valence-corrected chi connectivity index (χ2v) is 9.94. The van der Waals surface area contributed by atoms with Crippen molar-refractivity contribution in [1.82, 2.24) is 19.4 Å². The molecule has 1 saturated heterocycles. The molecular weight excluding hydrogens is 451 g/mol. The van der Waals surface area contributed by atoms with Crippen LogP contribution in [-0.2, 0) is 26.0 Å². The van der Waals surface area contributed by atoms with E-state index in [-0.39, 0.29) is 24.6 Å². The molecule has 0 spiro atoms. The second-order valence-electron chi connectivity index (χ2n) is 7.01. The van der Waals surface area contributed by atoms with Crippen molar-refractivity contribution < 1.29 is 17.9 Å². The summed E-state index contributed by atoms with van der Waals surface area (Å²) in [6, 6.07) is 5.13. The van der Waals surface area contributed by atoms with E-state index in [1.165, 1.54) is 4.31 Å². The number of carbonyl (C=O) groups excluding carboxylic acids is 1. The lowest BCUT2D eigenvalue weighted by Gasteiger charge is -2.26. The van der Waals surface area contributed by atoms with Gasteiger partial charge in [-0.1, -0.05) is 23.2 Å². The Labute approximate surface area is 186 Å². The smallest absolute Gasteiger partial charge is 0.224 e. The molecule has 1 aliphatic heterocycles. The van der Waals surface area contributed by atoms with Crippen molar-refractivity contribution >= 4 is 39.1 Å². The summed E-state index contributed by atoms with van der Waals surface area (Å²) in [5, 5.41) is 8.17. The molecule has 2 aromatic rings. The monoisotopic (exact) mass is 474 g/mol. The molecule has 2 heterocycles. The third kappa shape index (κ3) is 5.33. The molecule has 1 amide bonds. The molecule has 0 bridgehead atoms. The van der Waals surface area contributed by atoms with Crippen LogP contribution in [0.25, 0.3) is 5.69 Å². The van der Waals surface area contributed by atoms with Gasteiger partial charge in [0.2, 0.25) is 15.9 Å². The predicted molar refractivity (Wildman–Crippen MR) is 116 cm³/mol. The van der Waals surface area contributed by atoms with Crippen molar-refractivity contribution in [3.05, 3.63) is 45.2 Å². The van der Waals surface area contributed by atoms with Gasteiger partial charge in [0.25, 0.3) is 0 Å². The number of ether oxygens (including phenoxy) is 1. The lowest BCUT2D eigenvalue weighted by molar-refractivity contribution is -0.120. The minimum atomic E-state index is -3.41. The number of hydrogen-bond acceptors (Lipinski definition) is 5. The Kier molecular flexibility index (Phi) is 7.41. The van der Waals surface area contributed by atoms with Crippen molar-refractivity contribution in [2.24, 2.45) is 0 Å². The van der Waals surface area contributed by atoms with Crippen LogP contribution < -0.4 is 5.32 Å². The first-order valence-electron chi connectivity index (χ1n) is 9.52. The average molecular weight is 475 g/mol. The lowest BCUT2D eigenvalue weighted by Crippen LogP contribution is -2.43. The van der Waals surface area contributed by atoms with Crippen molar-refractivity contribution in [3.8, 4) is 5.69 Å². The van der Waals surface area contributed by atoms with Gasteiger partial charge in [-0.15, -0.1) is 0 Å². The molecule has 0 radical (unpaired) electrons. The van der Waals surface area contributed by atoms with Gasteiger partial charge in [-0.25, -0.2) is 13.1 Å². The number of benzene rings is 1. The number of sulfonamides is 1. The number of aryl methyl sites for hydroxylation is 1. The van der Waals surface area contributed by atoms with Gasteiger partial charge in [-0.2, -0.15) is 9.40 Å². The molecule has 1 fully saturated rings. The maximum Gasteiger partial charge on any atom is 0.224 e. The van der Waals surface area contributed by atoms with Crippen LogP contribution in [-0.4, -0.2) is 67.0 Å². The summed E-state index contributed by atoms with van der Waals surface area (Å²) in [5.74, 6) is -0.406. The van der Waals surface area contributed by atoms with E-state index in [0.29, 0.717) is 47.7 Å². The molecule has 0 aliphatic carbocycles. The zero-order chi connectivity index (χ0) is 21.9. The van der Waals surface area contributed by atoms with Crippen LogP contribution in [0.5, 0.6) is 0 Å². The van der Waals surface area contributed by atoms with Gasteiger partial charge in [-0.3, -0.25) is 4.79 Å². The molecule has 11 heteroatoms. The zero-order valence-electron chi connectivity index (χ0n) is 16.8. The highest BCUT2D eigenvalue weighted by Crippen LogP contribution is 2.27. The standard InChI is InChI=1S/C19H24Cl2N4O4S/c1-13-16(14(2)25(23-13)18-4-3-15(20)11-17(18)21)12-19(26)22-5-10-30(27,28)24-6-8-29-9-7-24/h3-4,11H,5-10,12H2,1-2H3,(H,22,26). The maximum atomic E-state index is 12.4. The highest BCUT2D eigenvalue weighted by atomic mass is 35.5. The molecule has 0 unspecified atom stereocenters. The third-order valence-corrected chi connectivity index (χ3v) is 7.37. The Morgan fingerprint density at radius 1 is 1.23 bits per heavy atom. The number of rotatable bonds is 7. The predicted octanol–water partition coefficient (Wildman–Crippen LogP) is 2.12. The summed E-state index contributed by atoms with van der Waals surface area (Å²) >= 11 is 12.2. The van der Waals surface area contributed by atoms with Gasteiger partial charge >= 0.3 is 0 Å². The molecule has 1 aromatic carbocycles. The Morgan fingerprint density at radius 3 is 2.60 bits per heavy atom. The summed E-state index contributed by atoms with van der Waals surface area (Å²) in [6.07, 6.45) is 0.0977. The number of hydrogen-bond donors (Lipinski definition) is 1. The number of carbonyl (C=O) groups is 1. The van der Waals surface area contributed by atoms with Crippen LogP contribution >= 0.6 is 23.2 Å². The summed E-state index contributed by atoms with van der Waals surface area (Å²) in [4.78, 5) is 12.4. The van der Waals surface area contributed by atoms with Crippen LogP contribution in [0.15, 0.2) is 18.2 Å². The first-order valence-corrected chi connectivity index (χ1v) is 11.9. The minimum absolute atomic E-state index is 0.0494. The van der Waals surface area contributed by atoms with E-state index in [0.717, 1.165) is 11.3 Å². The highest BCUT2D eigenvalue weighted by Gasteiger charge is 2.24. The van der Waals surface area contributed by atoms with Crippen molar-refractivity contribution in [2.45, 2.75) is 20.3 Å². The van der Waals surface area contributed by atoms with Gasteiger partial charge in [0.1, 0.15) is 0 Å². The van der Waals surface area contributed by atoms with Crippen LogP contribution in [0, 0.1) is 13.8 Å². The summed E-state index contributed by atoms with van der Waals surface area (Å²) < 4.78 is 32.9. The number of morpholine rings is 1. The van der Waals surface area contributed by atoms with Gasteiger partial charge in [0, 0.05) is 35.9 Å². The van der Waals surface area contributed by atoms with Crippen LogP contribution in [0.4, 0.5) is 0 Å². The van der Waals surface area contributed by atoms with E-state index in [1.54, 1.807) is 22.9 Å². The summed E-state index contributed by atoms with van der Waals surface area (Å²) in [5.41, 5.74) is 2.93. The van der Waals surface area contributed by atoms with Gasteiger partial charge in [0.05, 0.1) is 41.8 Å². The lowest BCUT2D eigenvalue weighted by atomic mass is 10.1. The fourth-order valence-electron chi connectivity index (χ4n) is 3.31. The van der Waals surface area contributed by atoms with E-state index >= 15 is 0 Å². The van der Waals surface area contributed by atoms with E-state index in [1.807, 2.05) is 13.8 Å². The number of amides is 1. The number of nitrogens with one attached hydrogen (secondary N) is 1. The second kappa shape index (κ2) is 9.65. The normalized spacial score (nSPS) is 15.3. The SMILES string of the molecule is Cc1nn(-c2ccc(Cl)cc2Cl)c(C)c1CC(=O)NCCS(=O)(=O)N1CCOCC1. The van der Waals surface area contributed by atoms with Crippen molar-refractivity contribution in [2.75, 3.05) is 38.6 Å². The highest BCUT2D eigenvalue weighted by molar-refractivity contribution is 7.89. The first-order chi connectivity index (χ1) is 14.2. The van der Waals surface area contributed by atoms with E-state index in [4.69, 9.17) is 27.9 Å². The van der Waals surface area contributed by atoms with Gasteiger partial charge < -0.3 is 10.1 Å². The van der Waals surface area contributed by atoms with E-state index < -0.39 is 10.0 Å². The topological polar surface area (TPSA) is 93.5 Å². The molecule has 1 N–H and O–H groups in total. The fourth-order valence-corrected chi connectivity index (χ4v) is 5.13. The van der Waals surface area contributed by atoms with Crippen LogP contribution in [0.3, 0.4) is 0 Å². The largest absolute Gasteiger partial charge is 0.379 e. The zero-order valence-corrected chi connectivity index (χ0v) is 19.1. The van der Waals surface area contributed by atoms with E-state index in [2.05, 4.69) is 10.4 Å². The molecular formula is C19H24Cl2N4O4S. The fraction of sp³-hybridized carbons (Fsp3) is 0.474. The Bertz CT molecular complexity index is 1030. The Balaban J connectivity index is 1.62. The third-order valence-electron chi connectivity index (χ3n) is 4.96. The average Bonchev–Trinajstić information content (AvgIpc) is 2.96. The molecule has 1 aromatic heterocycles. The summed E-state index contributed by atoms with van der Waals surface area (Å²) in [6.45, 7) is 5.21. The quantitative estimate of drug-likeness (QED) is 0.662. The van der Waals surface area contributed by atoms with Crippen LogP contribution in [0.1, 0.15) is 17.0 Å². The Morgan fingerprint density at radius 2 is 1.93 bits per heavy atom. The molecule has 30 heavy (non-hydrogen) atoms. The number of nitrogens with zero attached hydrogens (tertiary/aromatic N) is 3. The van der Waals surface area contributed by atoms with Crippen molar-refractivity contribution in [1.29, 1.82) is 0 Å². The van der Waals surface area contributed by atoms with Gasteiger partial charge in [0.15, 0.2) is 0 Å². The first kappa shape index (κ1) is 23.0. The van der Waals surface area contributed by atoms with Crippen molar-refractivity contribution in [3.63, 3.8) is 0 Å². The molecule has 1 aliphatic rings.